The molecule has 8 heteroatoms. The molecule has 1 saturated heterocycles. The van der Waals surface area contributed by atoms with Gasteiger partial charge in [-0.05, 0) is 19.1 Å². The summed E-state index contributed by atoms with van der Waals surface area (Å²) in [7, 11) is 0. The fourth-order valence-corrected chi connectivity index (χ4v) is 3.66. The Kier molecular flexibility index (Phi) is 4.46. The van der Waals surface area contributed by atoms with Crippen molar-refractivity contribution < 1.29 is 4.79 Å². The smallest absolute Gasteiger partial charge is 0.264 e. The third-order valence-electron chi connectivity index (χ3n) is 3.76. The number of carbonyl (C=O) groups excluding carboxylic acids is 1. The van der Waals surface area contributed by atoms with Gasteiger partial charge in [0.25, 0.3) is 5.91 Å². The van der Waals surface area contributed by atoms with Gasteiger partial charge in [0.15, 0.2) is 11.5 Å². The molecule has 0 aliphatic carbocycles. The van der Waals surface area contributed by atoms with Crippen LogP contribution in [0.15, 0.2) is 24.5 Å². The first-order chi connectivity index (χ1) is 11.1. The minimum Gasteiger partial charge on any atom is -0.350 e. The standard InChI is InChI=1S/C15H14ClN5OS/c1-10-9-20(14-11(8-17)18-4-5-19-14)6-7-21(10)15(22)12-2-3-13(16)23-12/h2-5,10H,6-7,9H2,1H3. The SMILES string of the molecule is CC1CN(c2nccnc2C#N)CCN1C(=O)c1ccc(Cl)s1. The Morgan fingerprint density at radius 1 is 1.39 bits per heavy atom. The number of thiophene rings is 1. The van der Waals surface area contributed by atoms with Crippen LogP contribution in [0.25, 0.3) is 0 Å². The molecule has 3 rings (SSSR count). The van der Waals surface area contributed by atoms with Gasteiger partial charge in [-0.2, -0.15) is 5.26 Å². The van der Waals surface area contributed by atoms with E-state index in [1.165, 1.54) is 17.5 Å². The highest BCUT2D eigenvalue weighted by Gasteiger charge is 2.30. The number of carbonyl (C=O) groups is 1. The van der Waals surface area contributed by atoms with Crippen molar-refractivity contribution >= 4 is 34.7 Å². The Bertz CT molecular complexity index is 771. The van der Waals surface area contributed by atoms with Crippen LogP contribution in [0.1, 0.15) is 22.3 Å². The van der Waals surface area contributed by atoms with Crippen molar-refractivity contribution in [2.24, 2.45) is 0 Å². The second-order valence-corrected chi connectivity index (χ2v) is 6.95. The quantitative estimate of drug-likeness (QED) is 0.834. The molecule has 1 amide bonds. The third kappa shape index (κ3) is 3.14. The van der Waals surface area contributed by atoms with Gasteiger partial charge in [0.05, 0.1) is 9.21 Å². The van der Waals surface area contributed by atoms with E-state index in [1.54, 1.807) is 18.3 Å². The molecule has 3 heterocycles. The second kappa shape index (κ2) is 6.52. The summed E-state index contributed by atoms with van der Waals surface area (Å²) in [6.45, 7) is 3.78. The van der Waals surface area contributed by atoms with Crippen LogP contribution in [-0.4, -0.2) is 46.5 Å². The van der Waals surface area contributed by atoms with Gasteiger partial charge >= 0.3 is 0 Å². The number of halogens is 1. The first kappa shape index (κ1) is 15.7. The Morgan fingerprint density at radius 2 is 2.17 bits per heavy atom. The topological polar surface area (TPSA) is 73.1 Å². The number of nitriles is 1. The molecule has 0 radical (unpaired) electrons. The molecule has 1 unspecified atom stereocenters. The van der Waals surface area contributed by atoms with Gasteiger partial charge in [0.2, 0.25) is 0 Å². The number of rotatable bonds is 2. The van der Waals surface area contributed by atoms with Gasteiger partial charge in [-0.1, -0.05) is 11.6 Å². The van der Waals surface area contributed by atoms with Gasteiger partial charge in [-0.25, -0.2) is 9.97 Å². The first-order valence-corrected chi connectivity index (χ1v) is 8.32. The van der Waals surface area contributed by atoms with Crippen molar-refractivity contribution in [3.05, 3.63) is 39.4 Å². The molecule has 1 aliphatic rings. The summed E-state index contributed by atoms with van der Waals surface area (Å²) in [6.07, 6.45) is 3.08. The fourth-order valence-electron chi connectivity index (χ4n) is 2.66. The number of hydrogen-bond acceptors (Lipinski definition) is 6. The van der Waals surface area contributed by atoms with Crippen LogP contribution in [0.3, 0.4) is 0 Å². The van der Waals surface area contributed by atoms with Crippen LogP contribution < -0.4 is 4.90 Å². The molecule has 0 saturated carbocycles. The predicted octanol–water partition coefficient (Wildman–Crippen LogP) is 2.41. The van der Waals surface area contributed by atoms with Gasteiger partial charge < -0.3 is 9.80 Å². The van der Waals surface area contributed by atoms with E-state index in [0.29, 0.717) is 40.4 Å². The molecule has 118 valence electrons. The number of piperazine rings is 1. The van der Waals surface area contributed by atoms with E-state index in [9.17, 15) is 4.79 Å². The lowest BCUT2D eigenvalue weighted by Crippen LogP contribution is -2.54. The van der Waals surface area contributed by atoms with Gasteiger partial charge in [0.1, 0.15) is 6.07 Å². The lowest BCUT2D eigenvalue weighted by atomic mass is 10.1. The molecule has 0 spiro atoms. The van der Waals surface area contributed by atoms with E-state index in [1.807, 2.05) is 16.7 Å². The summed E-state index contributed by atoms with van der Waals surface area (Å²) < 4.78 is 0.609. The molecule has 1 aliphatic heterocycles. The third-order valence-corrected chi connectivity index (χ3v) is 4.98. The summed E-state index contributed by atoms with van der Waals surface area (Å²) in [5.41, 5.74) is 0.310. The molecule has 1 fully saturated rings. The van der Waals surface area contributed by atoms with Gasteiger partial charge in [-0.15, -0.1) is 11.3 Å². The van der Waals surface area contributed by atoms with Crippen LogP contribution in [0.4, 0.5) is 5.82 Å². The molecular weight excluding hydrogens is 334 g/mol. The number of nitrogens with zero attached hydrogens (tertiary/aromatic N) is 5. The summed E-state index contributed by atoms with van der Waals surface area (Å²) >= 11 is 7.20. The van der Waals surface area contributed by atoms with E-state index in [4.69, 9.17) is 16.9 Å². The first-order valence-electron chi connectivity index (χ1n) is 7.12. The van der Waals surface area contributed by atoms with E-state index in [-0.39, 0.29) is 11.9 Å². The molecule has 0 bridgehead atoms. The molecule has 0 aromatic carbocycles. The van der Waals surface area contributed by atoms with Crippen molar-refractivity contribution in [2.45, 2.75) is 13.0 Å². The molecule has 2 aromatic rings. The predicted molar refractivity (Wildman–Crippen MR) is 88.8 cm³/mol. The van der Waals surface area contributed by atoms with Crippen LogP contribution in [0, 0.1) is 11.3 Å². The van der Waals surface area contributed by atoms with E-state index in [2.05, 4.69) is 16.0 Å². The zero-order valence-electron chi connectivity index (χ0n) is 12.4. The number of aromatic nitrogens is 2. The Labute approximate surface area is 142 Å². The van der Waals surface area contributed by atoms with E-state index >= 15 is 0 Å². The van der Waals surface area contributed by atoms with Crippen LogP contribution >= 0.6 is 22.9 Å². The summed E-state index contributed by atoms with van der Waals surface area (Å²) in [4.78, 5) is 25.4. The zero-order valence-corrected chi connectivity index (χ0v) is 14.0. The highest BCUT2D eigenvalue weighted by Crippen LogP contribution is 2.25. The average molecular weight is 348 g/mol. The molecule has 2 aromatic heterocycles. The number of hydrogen-bond donors (Lipinski definition) is 0. The monoisotopic (exact) mass is 347 g/mol. The molecular formula is C15H14ClN5OS. The second-order valence-electron chi connectivity index (χ2n) is 5.24. The van der Waals surface area contributed by atoms with Crippen molar-refractivity contribution in [2.75, 3.05) is 24.5 Å². The Morgan fingerprint density at radius 3 is 2.83 bits per heavy atom. The number of anilines is 1. The lowest BCUT2D eigenvalue weighted by molar-refractivity contribution is 0.0678. The van der Waals surface area contributed by atoms with Crippen molar-refractivity contribution in [3.63, 3.8) is 0 Å². The Hall–Kier alpha value is -2.17. The van der Waals surface area contributed by atoms with Crippen LogP contribution in [-0.2, 0) is 0 Å². The zero-order chi connectivity index (χ0) is 16.4. The minimum atomic E-state index is -0.00583. The van der Waals surface area contributed by atoms with Crippen molar-refractivity contribution in [3.8, 4) is 6.07 Å². The molecule has 0 N–H and O–H groups in total. The maximum Gasteiger partial charge on any atom is 0.264 e. The molecule has 23 heavy (non-hydrogen) atoms. The summed E-state index contributed by atoms with van der Waals surface area (Å²) in [5.74, 6) is 0.571. The van der Waals surface area contributed by atoms with Gasteiger partial charge in [-0.3, -0.25) is 4.79 Å². The molecule has 1 atom stereocenters. The van der Waals surface area contributed by atoms with E-state index < -0.39 is 0 Å². The molecule has 6 nitrogen and oxygen atoms in total. The highest BCUT2D eigenvalue weighted by molar-refractivity contribution is 7.17. The Balaban J connectivity index is 1.75. The van der Waals surface area contributed by atoms with Crippen LogP contribution in [0.2, 0.25) is 4.34 Å². The minimum absolute atomic E-state index is 0.00525. The maximum absolute atomic E-state index is 12.6. The lowest BCUT2D eigenvalue weighted by Gasteiger charge is -2.40. The average Bonchev–Trinajstić information content (AvgIpc) is 3.00. The normalized spacial score (nSPS) is 17.9. The maximum atomic E-state index is 12.6. The highest BCUT2D eigenvalue weighted by atomic mass is 35.5. The number of amides is 1. The van der Waals surface area contributed by atoms with Gasteiger partial charge in [0, 0.05) is 38.1 Å². The van der Waals surface area contributed by atoms with Crippen LogP contribution in [0.5, 0.6) is 0 Å². The fraction of sp³-hybridized carbons (Fsp3) is 0.333. The summed E-state index contributed by atoms with van der Waals surface area (Å²) in [6, 6.07) is 5.56. The van der Waals surface area contributed by atoms with Crippen molar-refractivity contribution in [1.29, 1.82) is 5.26 Å². The van der Waals surface area contributed by atoms with E-state index in [0.717, 1.165) is 0 Å². The van der Waals surface area contributed by atoms with Crippen molar-refractivity contribution in [1.82, 2.24) is 14.9 Å². The summed E-state index contributed by atoms with van der Waals surface area (Å²) in [5, 5.41) is 9.15. The largest absolute Gasteiger partial charge is 0.350 e.